The Hall–Kier alpha value is -2.94. The largest absolute Gasteiger partial charge is 0.497 e. The van der Waals surface area contributed by atoms with Gasteiger partial charge in [0.1, 0.15) is 27.7 Å². The van der Waals surface area contributed by atoms with E-state index in [4.69, 9.17) is 9.47 Å². The summed E-state index contributed by atoms with van der Waals surface area (Å²) in [5.41, 5.74) is 0.578. The van der Waals surface area contributed by atoms with Crippen molar-refractivity contribution in [3.8, 4) is 11.8 Å². The standard InChI is InChI=1S/C21H23N3O6S2/c1-4-30-21(26)18-13(2)16(12-22)20(31-18)23-19(25)17-6-5-11-24(17)32(27,28)15-9-7-14(29-3)8-10-15/h7-10,17H,4-6,11H2,1-3H3,(H,23,25). The summed E-state index contributed by atoms with van der Waals surface area (Å²) in [5, 5.41) is 12.4. The predicted octanol–water partition coefficient (Wildman–Crippen LogP) is 2.91. The third kappa shape index (κ3) is 4.48. The Labute approximate surface area is 190 Å². The van der Waals surface area contributed by atoms with E-state index in [1.165, 1.54) is 23.5 Å². The van der Waals surface area contributed by atoms with Gasteiger partial charge in [-0.2, -0.15) is 9.57 Å². The molecule has 11 heteroatoms. The lowest BCUT2D eigenvalue weighted by Crippen LogP contribution is -2.43. The maximum Gasteiger partial charge on any atom is 0.348 e. The van der Waals surface area contributed by atoms with Crippen molar-refractivity contribution in [2.75, 3.05) is 25.6 Å². The quantitative estimate of drug-likeness (QED) is 0.608. The lowest BCUT2D eigenvalue weighted by Gasteiger charge is -2.23. The van der Waals surface area contributed by atoms with Crippen LogP contribution in [0.25, 0.3) is 0 Å². The van der Waals surface area contributed by atoms with Crippen LogP contribution in [0.3, 0.4) is 0 Å². The van der Waals surface area contributed by atoms with Gasteiger partial charge in [-0.3, -0.25) is 4.79 Å². The number of carbonyl (C=O) groups is 2. The number of sulfonamides is 1. The molecule has 9 nitrogen and oxygen atoms in total. The third-order valence-electron chi connectivity index (χ3n) is 5.13. The maximum atomic E-state index is 13.1. The second kappa shape index (κ2) is 9.68. The van der Waals surface area contributed by atoms with E-state index in [1.807, 2.05) is 6.07 Å². The van der Waals surface area contributed by atoms with Crippen LogP contribution in [0, 0.1) is 18.3 Å². The summed E-state index contributed by atoms with van der Waals surface area (Å²) < 4.78 is 37.5. The normalized spacial score (nSPS) is 16.4. The van der Waals surface area contributed by atoms with Crippen molar-refractivity contribution in [1.82, 2.24) is 4.31 Å². The number of thiophene rings is 1. The lowest BCUT2D eigenvalue weighted by atomic mass is 10.1. The predicted molar refractivity (Wildman–Crippen MR) is 118 cm³/mol. The van der Waals surface area contributed by atoms with Crippen molar-refractivity contribution >= 4 is 38.2 Å². The Balaban J connectivity index is 1.85. The second-order valence-corrected chi connectivity index (χ2v) is 9.94. The van der Waals surface area contributed by atoms with E-state index in [-0.39, 0.29) is 33.5 Å². The first-order chi connectivity index (χ1) is 15.2. The van der Waals surface area contributed by atoms with Crippen molar-refractivity contribution in [3.63, 3.8) is 0 Å². The van der Waals surface area contributed by atoms with Gasteiger partial charge in [0, 0.05) is 6.54 Å². The highest BCUT2D eigenvalue weighted by molar-refractivity contribution is 7.89. The summed E-state index contributed by atoms with van der Waals surface area (Å²) in [6, 6.07) is 7.03. The van der Waals surface area contributed by atoms with Crippen LogP contribution >= 0.6 is 11.3 Å². The van der Waals surface area contributed by atoms with Crippen molar-refractivity contribution in [3.05, 3.63) is 40.3 Å². The van der Waals surface area contributed by atoms with E-state index < -0.39 is 27.9 Å². The van der Waals surface area contributed by atoms with Gasteiger partial charge >= 0.3 is 5.97 Å². The molecule has 2 heterocycles. The number of amides is 1. The SMILES string of the molecule is CCOC(=O)c1sc(NC(=O)C2CCCN2S(=O)(=O)c2ccc(OC)cc2)c(C#N)c1C. The fourth-order valence-corrected chi connectivity index (χ4v) is 6.21. The number of anilines is 1. The molecule has 1 aromatic heterocycles. The zero-order valence-corrected chi connectivity index (χ0v) is 19.5. The molecule has 1 aliphatic rings. The summed E-state index contributed by atoms with van der Waals surface area (Å²) in [4.78, 5) is 25.5. The number of carbonyl (C=O) groups excluding carboxylic acids is 2. The summed E-state index contributed by atoms with van der Waals surface area (Å²) in [6.45, 7) is 3.66. The molecule has 170 valence electrons. The highest BCUT2D eigenvalue weighted by Gasteiger charge is 2.40. The number of hydrogen-bond donors (Lipinski definition) is 1. The molecular formula is C21H23N3O6S2. The topological polar surface area (TPSA) is 126 Å². The minimum atomic E-state index is -3.91. The van der Waals surface area contributed by atoms with E-state index in [1.54, 1.807) is 26.0 Å². The minimum Gasteiger partial charge on any atom is -0.497 e. The molecule has 0 spiro atoms. The van der Waals surface area contributed by atoms with Crippen molar-refractivity contribution in [2.45, 2.75) is 37.6 Å². The number of nitrogens with zero attached hydrogens (tertiary/aromatic N) is 2. The first-order valence-corrected chi connectivity index (χ1v) is 12.2. The zero-order valence-electron chi connectivity index (χ0n) is 17.9. The average molecular weight is 478 g/mol. The van der Waals surface area contributed by atoms with E-state index in [9.17, 15) is 23.3 Å². The Morgan fingerprint density at radius 2 is 2.00 bits per heavy atom. The zero-order chi connectivity index (χ0) is 23.5. The Morgan fingerprint density at radius 3 is 2.59 bits per heavy atom. The first kappa shape index (κ1) is 23.7. The molecule has 1 amide bonds. The molecular weight excluding hydrogens is 454 g/mol. The van der Waals surface area contributed by atoms with Gasteiger partial charge in [0.2, 0.25) is 15.9 Å². The molecule has 0 aliphatic carbocycles. The minimum absolute atomic E-state index is 0.0623. The number of rotatable bonds is 7. The molecule has 1 aliphatic heterocycles. The molecule has 0 saturated carbocycles. The molecule has 0 bridgehead atoms. The van der Waals surface area contributed by atoms with Crippen molar-refractivity contribution in [1.29, 1.82) is 5.26 Å². The Bertz CT molecular complexity index is 1170. The van der Waals surface area contributed by atoms with Crippen LogP contribution in [-0.2, 0) is 19.6 Å². The molecule has 3 rings (SSSR count). The fraction of sp³-hybridized carbons (Fsp3) is 0.381. The summed E-state index contributed by atoms with van der Waals surface area (Å²) in [7, 11) is -2.42. The number of esters is 1. The molecule has 1 fully saturated rings. The first-order valence-electron chi connectivity index (χ1n) is 9.92. The maximum absolute atomic E-state index is 13.1. The number of methoxy groups -OCH3 is 1. The van der Waals surface area contributed by atoms with Gasteiger partial charge in [0.25, 0.3) is 0 Å². The molecule has 1 aromatic carbocycles. The van der Waals surface area contributed by atoms with Gasteiger partial charge in [0.15, 0.2) is 0 Å². The highest BCUT2D eigenvalue weighted by atomic mass is 32.2. The van der Waals surface area contributed by atoms with Crippen molar-refractivity contribution < 1.29 is 27.5 Å². The summed E-state index contributed by atoms with van der Waals surface area (Å²) in [6.07, 6.45) is 0.869. The van der Waals surface area contributed by atoms with Crippen LogP contribution in [0.5, 0.6) is 5.75 Å². The molecule has 32 heavy (non-hydrogen) atoms. The molecule has 1 saturated heterocycles. The van der Waals surface area contributed by atoms with Gasteiger partial charge in [-0.15, -0.1) is 11.3 Å². The van der Waals surface area contributed by atoms with Gasteiger partial charge in [-0.05, 0) is 56.5 Å². The Kier molecular flexibility index (Phi) is 7.18. The summed E-state index contributed by atoms with van der Waals surface area (Å²) in [5.74, 6) is -0.599. The van der Waals surface area contributed by atoms with Crippen LogP contribution in [0.1, 0.15) is 40.6 Å². The van der Waals surface area contributed by atoms with Crippen molar-refractivity contribution in [2.24, 2.45) is 0 Å². The monoisotopic (exact) mass is 477 g/mol. The van der Waals surface area contributed by atoms with Gasteiger partial charge in [-0.1, -0.05) is 0 Å². The fourth-order valence-electron chi connectivity index (χ4n) is 3.50. The number of ether oxygens (including phenoxy) is 2. The smallest absolute Gasteiger partial charge is 0.348 e. The molecule has 0 radical (unpaired) electrons. The molecule has 1 atom stereocenters. The van der Waals surface area contributed by atoms with E-state index in [2.05, 4.69) is 5.32 Å². The van der Waals surface area contributed by atoms with E-state index in [0.29, 0.717) is 24.2 Å². The van der Waals surface area contributed by atoms with Crippen LogP contribution < -0.4 is 10.1 Å². The van der Waals surface area contributed by atoms with E-state index >= 15 is 0 Å². The molecule has 1 N–H and O–H groups in total. The number of nitriles is 1. The van der Waals surface area contributed by atoms with Gasteiger partial charge < -0.3 is 14.8 Å². The molecule has 1 unspecified atom stereocenters. The second-order valence-electron chi connectivity index (χ2n) is 7.03. The van der Waals surface area contributed by atoms with Crippen LogP contribution in [0.15, 0.2) is 29.2 Å². The number of nitrogens with one attached hydrogen (secondary N) is 1. The van der Waals surface area contributed by atoms with E-state index in [0.717, 1.165) is 11.3 Å². The average Bonchev–Trinajstić information content (AvgIpc) is 3.39. The van der Waals surface area contributed by atoms with Gasteiger partial charge in [0.05, 0.1) is 24.2 Å². The summed E-state index contributed by atoms with van der Waals surface area (Å²) >= 11 is 0.944. The number of benzene rings is 1. The molecule has 2 aromatic rings. The van der Waals surface area contributed by atoms with Gasteiger partial charge in [-0.25, -0.2) is 13.2 Å². The Morgan fingerprint density at radius 1 is 1.31 bits per heavy atom. The number of hydrogen-bond acceptors (Lipinski definition) is 8. The highest BCUT2D eigenvalue weighted by Crippen LogP contribution is 2.34. The van der Waals surface area contributed by atoms with Crippen LogP contribution in [-0.4, -0.2) is 50.9 Å². The third-order valence-corrected chi connectivity index (χ3v) is 8.24. The van der Waals surface area contributed by atoms with Crippen LogP contribution in [0.2, 0.25) is 0 Å². The van der Waals surface area contributed by atoms with Crippen LogP contribution in [0.4, 0.5) is 5.00 Å². The lowest BCUT2D eigenvalue weighted by molar-refractivity contribution is -0.119.